The van der Waals surface area contributed by atoms with Gasteiger partial charge < -0.3 is 4.42 Å². The molecule has 3 heteroatoms. The van der Waals surface area contributed by atoms with Crippen LogP contribution in [0.15, 0.2) is 65.5 Å². The summed E-state index contributed by atoms with van der Waals surface area (Å²) >= 11 is 0. The molecule has 1 aromatic heterocycles. The molecular weight excluding hydrogens is 336 g/mol. The summed E-state index contributed by atoms with van der Waals surface area (Å²) in [6.45, 7) is 2.09. The van der Waals surface area contributed by atoms with E-state index in [1.807, 2.05) is 18.2 Å². The Morgan fingerprint density at radius 3 is 2.41 bits per heavy atom. The van der Waals surface area contributed by atoms with Crippen LogP contribution in [0.2, 0.25) is 0 Å². The van der Waals surface area contributed by atoms with Crippen molar-refractivity contribution in [2.45, 2.75) is 38.5 Å². The number of Topliss-reactive ketones (excluding diaryl/α,β-unsaturated/α-hetero) is 2. The number of ketones is 2. The third-order valence-electron chi connectivity index (χ3n) is 5.57. The summed E-state index contributed by atoms with van der Waals surface area (Å²) in [6, 6.07) is 16.3. The lowest BCUT2D eigenvalue weighted by molar-refractivity contribution is -0.115. The molecule has 3 aromatic rings. The summed E-state index contributed by atoms with van der Waals surface area (Å²) in [4.78, 5) is 24.6. The topological polar surface area (TPSA) is 47.3 Å². The molecule has 2 aliphatic rings. The Labute approximate surface area is 159 Å². The molecule has 2 aromatic carbocycles. The van der Waals surface area contributed by atoms with Crippen molar-refractivity contribution >= 4 is 11.6 Å². The van der Waals surface area contributed by atoms with Crippen molar-refractivity contribution in [3.8, 4) is 11.1 Å². The van der Waals surface area contributed by atoms with E-state index in [0.717, 1.165) is 41.5 Å². The van der Waals surface area contributed by atoms with Crippen LogP contribution < -0.4 is 0 Å². The monoisotopic (exact) mass is 358 g/mol. The maximum atomic E-state index is 12.5. The Bertz CT molecular complexity index is 966. The minimum absolute atomic E-state index is 0.197. The van der Waals surface area contributed by atoms with Gasteiger partial charge in [-0.1, -0.05) is 43.3 Å². The van der Waals surface area contributed by atoms with Crippen LogP contribution in [-0.2, 0) is 17.6 Å². The van der Waals surface area contributed by atoms with Crippen LogP contribution >= 0.6 is 0 Å². The first-order valence-electron chi connectivity index (χ1n) is 9.49. The van der Waals surface area contributed by atoms with Gasteiger partial charge in [-0.05, 0) is 65.1 Å². The van der Waals surface area contributed by atoms with Gasteiger partial charge in [0.2, 0.25) is 11.6 Å². The molecule has 0 spiro atoms. The predicted molar refractivity (Wildman–Crippen MR) is 105 cm³/mol. The molecule has 27 heavy (non-hydrogen) atoms. The molecule has 0 saturated carbocycles. The summed E-state index contributed by atoms with van der Waals surface area (Å²) in [6.07, 6.45) is 6.32. The summed E-state index contributed by atoms with van der Waals surface area (Å²) in [7, 11) is 0. The first-order valence-corrected chi connectivity index (χ1v) is 9.49. The Balaban J connectivity index is 0.000000314. The largest absolute Gasteiger partial charge is 0.473 e. The van der Waals surface area contributed by atoms with E-state index in [1.54, 1.807) is 12.5 Å². The van der Waals surface area contributed by atoms with Crippen molar-refractivity contribution in [2.75, 3.05) is 0 Å². The highest BCUT2D eigenvalue weighted by Crippen LogP contribution is 2.41. The quantitative estimate of drug-likeness (QED) is 0.549. The van der Waals surface area contributed by atoms with Crippen LogP contribution in [-0.4, -0.2) is 11.6 Å². The molecule has 0 N–H and O–H groups in total. The van der Waals surface area contributed by atoms with E-state index in [4.69, 9.17) is 0 Å². The van der Waals surface area contributed by atoms with Gasteiger partial charge in [-0.3, -0.25) is 9.59 Å². The summed E-state index contributed by atoms with van der Waals surface area (Å²) in [5.74, 6) is -0.287. The van der Waals surface area contributed by atoms with Gasteiger partial charge in [-0.2, -0.15) is 0 Å². The molecule has 0 amide bonds. The molecule has 2 aliphatic carbocycles. The molecule has 1 unspecified atom stereocenters. The number of carbonyl (C=O) groups is 2. The molecular formula is C24H22O3. The zero-order chi connectivity index (χ0) is 18.8. The number of fused-ring (bicyclic) bond motifs is 5. The van der Waals surface area contributed by atoms with Gasteiger partial charge >= 0.3 is 0 Å². The van der Waals surface area contributed by atoms with Crippen LogP contribution in [0, 0.1) is 0 Å². The molecule has 0 bridgehead atoms. The second-order valence-electron chi connectivity index (χ2n) is 7.07. The Hall–Kier alpha value is -2.94. The van der Waals surface area contributed by atoms with E-state index in [1.165, 1.54) is 11.1 Å². The lowest BCUT2D eigenvalue weighted by atomic mass is 9.73. The molecule has 136 valence electrons. The van der Waals surface area contributed by atoms with Crippen LogP contribution in [0.5, 0.6) is 0 Å². The first-order chi connectivity index (χ1) is 13.2. The van der Waals surface area contributed by atoms with Crippen LogP contribution in [0.1, 0.15) is 52.7 Å². The van der Waals surface area contributed by atoms with Crippen molar-refractivity contribution in [1.29, 1.82) is 0 Å². The SMILES string of the molecule is CCC1CC(=O)C(=O)c2c1ccc1c2CCc2ccccc2-1.c1ccoc1. The van der Waals surface area contributed by atoms with Crippen molar-refractivity contribution in [1.82, 2.24) is 0 Å². The number of furan rings is 1. The van der Waals surface area contributed by atoms with E-state index in [0.29, 0.717) is 6.42 Å². The number of aryl methyl sites for hydroxylation is 1. The standard InChI is InChI=1S/C20H18O2.C4H4O/c1-2-12-11-18(21)20(22)19-15(12)9-10-16-14-6-4-3-5-13(14)7-8-17(16)19;1-2-4-5-3-1/h3-6,9-10,12H,2,7-8,11H2,1H3;1-4H. The Morgan fingerprint density at radius 1 is 0.926 bits per heavy atom. The predicted octanol–water partition coefficient (Wildman–Crippen LogP) is 5.38. The van der Waals surface area contributed by atoms with Gasteiger partial charge in [0.25, 0.3) is 0 Å². The van der Waals surface area contributed by atoms with Gasteiger partial charge in [-0.15, -0.1) is 0 Å². The van der Waals surface area contributed by atoms with Crippen LogP contribution in [0.25, 0.3) is 11.1 Å². The fraction of sp³-hybridized carbons (Fsp3) is 0.250. The van der Waals surface area contributed by atoms with Crippen molar-refractivity contribution in [3.63, 3.8) is 0 Å². The second-order valence-corrected chi connectivity index (χ2v) is 7.07. The smallest absolute Gasteiger partial charge is 0.229 e. The summed E-state index contributed by atoms with van der Waals surface area (Å²) < 4.78 is 4.58. The van der Waals surface area contributed by atoms with Crippen molar-refractivity contribution in [2.24, 2.45) is 0 Å². The number of carbonyl (C=O) groups excluding carboxylic acids is 2. The third-order valence-corrected chi connectivity index (χ3v) is 5.57. The normalized spacial score (nSPS) is 17.3. The molecule has 5 rings (SSSR count). The number of hydrogen-bond acceptors (Lipinski definition) is 3. The second kappa shape index (κ2) is 7.36. The Kier molecular flexibility index (Phi) is 4.76. The highest BCUT2D eigenvalue weighted by atomic mass is 16.3. The van der Waals surface area contributed by atoms with Gasteiger partial charge in [0, 0.05) is 12.0 Å². The molecule has 0 radical (unpaired) electrons. The van der Waals surface area contributed by atoms with Crippen molar-refractivity contribution < 1.29 is 14.0 Å². The van der Waals surface area contributed by atoms with E-state index in [2.05, 4.69) is 41.7 Å². The van der Waals surface area contributed by atoms with Gasteiger partial charge in [0.15, 0.2) is 0 Å². The van der Waals surface area contributed by atoms with Crippen LogP contribution in [0.4, 0.5) is 0 Å². The first kappa shape index (κ1) is 17.5. The van der Waals surface area contributed by atoms with E-state index in [-0.39, 0.29) is 17.5 Å². The zero-order valence-corrected chi connectivity index (χ0v) is 15.4. The van der Waals surface area contributed by atoms with E-state index >= 15 is 0 Å². The van der Waals surface area contributed by atoms with E-state index < -0.39 is 0 Å². The lowest BCUT2D eigenvalue weighted by Gasteiger charge is -2.29. The van der Waals surface area contributed by atoms with Gasteiger partial charge in [-0.25, -0.2) is 0 Å². The average Bonchev–Trinajstić information content (AvgIpc) is 3.30. The molecule has 1 heterocycles. The van der Waals surface area contributed by atoms with Crippen LogP contribution in [0.3, 0.4) is 0 Å². The number of benzene rings is 2. The maximum absolute atomic E-state index is 12.5. The highest BCUT2D eigenvalue weighted by Gasteiger charge is 2.35. The lowest BCUT2D eigenvalue weighted by Crippen LogP contribution is -2.28. The molecule has 1 atom stereocenters. The summed E-state index contributed by atoms with van der Waals surface area (Å²) in [5.41, 5.74) is 6.58. The highest BCUT2D eigenvalue weighted by molar-refractivity contribution is 6.45. The number of rotatable bonds is 1. The zero-order valence-electron chi connectivity index (χ0n) is 15.4. The summed E-state index contributed by atoms with van der Waals surface area (Å²) in [5, 5.41) is 0. The van der Waals surface area contributed by atoms with E-state index in [9.17, 15) is 9.59 Å². The maximum Gasteiger partial charge on any atom is 0.229 e. The molecule has 3 nitrogen and oxygen atoms in total. The van der Waals surface area contributed by atoms with Gasteiger partial charge in [0.05, 0.1) is 12.5 Å². The van der Waals surface area contributed by atoms with Crippen molar-refractivity contribution in [3.05, 3.63) is 83.3 Å². The fourth-order valence-corrected chi connectivity index (χ4v) is 4.20. The van der Waals surface area contributed by atoms with Gasteiger partial charge in [0.1, 0.15) is 0 Å². The molecule has 0 saturated heterocycles. The minimum atomic E-state index is -0.268. The Morgan fingerprint density at radius 2 is 1.70 bits per heavy atom. The molecule has 0 aliphatic heterocycles. The number of hydrogen-bond donors (Lipinski definition) is 0. The average molecular weight is 358 g/mol. The molecule has 0 fully saturated rings. The fourth-order valence-electron chi connectivity index (χ4n) is 4.20. The minimum Gasteiger partial charge on any atom is -0.473 e. The third kappa shape index (κ3) is 3.14.